The van der Waals surface area contributed by atoms with Crippen molar-refractivity contribution in [2.24, 2.45) is 9.39 Å². The van der Waals surface area contributed by atoms with Gasteiger partial charge in [0, 0.05) is 19.7 Å². The zero-order valence-corrected chi connectivity index (χ0v) is 14.2. The summed E-state index contributed by atoms with van der Waals surface area (Å²) in [5.74, 6) is 0.153. The molecule has 0 radical (unpaired) electrons. The Labute approximate surface area is 137 Å². The highest BCUT2D eigenvalue weighted by Crippen LogP contribution is 2.15. The maximum atomic E-state index is 12.5. The van der Waals surface area contributed by atoms with E-state index < -0.39 is 10.0 Å². The predicted octanol–water partition coefficient (Wildman–Crippen LogP) is 2.72. The second kappa shape index (κ2) is 7.19. The molecule has 0 aliphatic carbocycles. The Bertz CT molecular complexity index is 809. The summed E-state index contributed by atoms with van der Waals surface area (Å²) < 4.78 is 28.9. The van der Waals surface area contributed by atoms with Crippen LogP contribution in [0.3, 0.4) is 0 Å². The summed E-state index contributed by atoms with van der Waals surface area (Å²) in [7, 11) is -0.204. The van der Waals surface area contributed by atoms with Crippen molar-refractivity contribution in [1.29, 1.82) is 0 Å². The number of hydrogen-bond donors (Lipinski definition) is 0. The van der Waals surface area contributed by atoms with E-state index >= 15 is 0 Å². The molecule has 0 amide bonds. The van der Waals surface area contributed by atoms with E-state index in [1.54, 1.807) is 55.4 Å². The molecule has 2 rings (SSSR count). The maximum absolute atomic E-state index is 12.5. The Balaban J connectivity index is 2.49. The van der Waals surface area contributed by atoms with Crippen molar-refractivity contribution in [2.75, 3.05) is 14.1 Å². The van der Waals surface area contributed by atoms with Gasteiger partial charge in [-0.1, -0.05) is 48.0 Å². The average molecular weight is 329 g/mol. The van der Waals surface area contributed by atoms with E-state index in [9.17, 15) is 8.42 Å². The molecule has 0 bridgehead atoms. The molecule has 23 heavy (non-hydrogen) atoms. The fraction of sp³-hybridized carbons (Fsp3) is 0.176. The van der Waals surface area contributed by atoms with E-state index in [2.05, 4.69) is 9.39 Å². The van der Waals surface area contributed by atoms with Crippen molar-refractivity contribution in [3.8, 4) is 0 Å². The van der Waals surface area contributed by atoms with Crippen LogP contribution in [0.1, 0.15) is 11.1 Å². The van der Waals surface area contributed by atoms with E-state index in [0.29, 0.717) is 5.56 Å². The Hall–Kier alpha value is -2.47. The van der Waals surface area contributed by atoms with Gasteiger partial charge in [0.05, 0.1) is 11.2 Å². The molecule has 0 spiro atoms. The summed E-state index contributed by atoms with van der Waals surface area (Å²) in [6.45, 7) is 1.90. The first-order valence-electron chi connectivity index (χ1n) is 7.06. The number of rotatable bonds is 4. The highest BCUT2D eigenvalue weighted by molar-refractivity contribution is 7.90. The minimum atomic E-state index is -3.82. The van der Waals surface area contributed by atoms with Gasteiger partial charge >= 0.3 is 0 Å². The number of benzene rings is 2. The first kappa shape index (κ1) is 16.9. The summed E-state index contributed by atoms with van der Waals surface area (Å²) in [4.78, 5) is 6.06. The lowest BCUT2D eigenvalue weighted by atomic mass is 10.2. The van der Waals surface area contributed by atoms with Crippen LogP contribution in [0.15, 0.2) is 68.9 Å². The zero-order valence-electron chi connectivity index (χ0n) is 13.3. The van der Waals surface area contributed by atoms with Gasteiger partial charge in [0.2, 0.25) is 0 Å². The Morgan fingerprint density at radius 1 is 1.00 bits per heavy atom. The maximum Gasteiger partial charge on any atom is 0.284 e. The van der Waals surface area contributed by atoms with E-state index in [-0.39, 0.29) is 10.7 Å². The number of nitrogens with zero attached hydrogens (tertiary/aromatic N) is 3. The van der Waals surface area contributed by atoms with Crippen LogP contribution in [0.4, 0.5) is 0 Å². The summed E-state index contributed by atoms with van der Waals surface area (Å²) in [6, 6.07) is 15.6. The van der Waals surface area contributed by atoms with Crippen LogP contribution in [0.25, 0.3) is 0 Å². The Kier molecular flexibility index (Phi) is 5.28. The highest BCUT2D eigenvalue weighted by atomic mass is 32.2. The van der Waals surface area contributed by atoms with E-state index in [1.165, 1.54) is 6.34 Å². The van der Waals surface area contributed by atoms with Gasteiger partial charge in [0.15, 0.2) is 5.84 Å². The average Bonchev–Trinajstić information content (AvgIpc) is 2.52. The molecule has 0 aliphatic rings. The molecule has 0 heterocycles. The molecule has 0 N–H and O–H groups in total. The minimum absolute atomic E-state index is 0.150. The van der Waals surface area contributed by atoms with Crippen LogP contribution in [-0.4, -0.2) is 39.6 Å². The van der Waals surface area contributed by atoms with Crippen LogP contribution in [0.2, 0.25) is 0 Å². The SMILES string of the molecule is Cc1ccc(S(=O)(=O)/N=C(\N=CN(C)C)c2ccccc2)cc1. The normalized spacial score (nSPS) is 12.6. The fourth-order valence-electron chi connectivity index (χ4n) is 1.78. The number of aliphatic imine (C=N–C) groups is 1. The van der Waals surface area contributed by atoms with Crippen molar-refractivity contribution < 1.29 is 8.42 Å². The van der Waals surface area contributed by atoms with Gasteiger partial charge in [0.25, 0.3) is 10.0 Å². The van der Waals surface area contributed by atoms with Gasteiger partial charge in [-0.15, -0.1) is 4.40 Å². The fourth-order valence-corrected chi connectivity index (χ4v) is 2.75. The Morgan fingerprint density at radius 2 is 1.61 bits per heavy atom. The standard InChI is InChI=1S/C17H19N3O2S/c1-14-9-11-16(12-10-14)23(21,22)19-17(18-13-20(2)3)15-7-5-4-6-8-15/h4-13H,1-3H3/b18-13?,19-17-. The molecule has 2 aromatic carbocycles. The quantitative estimate of drug-likeness (QED) is 0.640. The predicted molar refractivity (Wildman–Crippen MR) is 93.5 cm³/mol. The third-order valence-corrected chi connectivity index (χ3v) is 4.25. The molecule has 0 unspecified atom stereocenters. The van der Waals surface area contributed by atoms with Crippen molar-refractivity contribution >= 4 is 22.2 Å². The molecule has 0 aromatic heterocycles. The van der Waals surface area contributed by atoms with Gasteiger partial charge in [-0.2, -0.15) is 8.42 Å². The minimum Gasteiger partial charge on any atom is -0.369 e. The van der Waals surface area contributed by atoms with Crippen LogP contribution in [-0.2, 0) is 10.0 Å². The van der Waals surface area contributed by atoms with Gasteiger partial charge in [0.1, 0.15) is 0 Å². The molecule has 0 saturated carbocycles. The highest BCUT2D eigenvalue weighted by Gasteiger charge is 2.15. The van der Waals surface area contributed by atoms with Gasteiger partial charge in [-0.05, 0) is 19.1 Å². The first-order valence-corrected chi connectivity index (χ1v) is 8.50. The van der Waals surface area contributed by atoms with Crippen LogP contribution >= 0.6 is 0 Å². The topological polar surface area (TPSA) is 62.1 Å². The number of sulfonamides is 1. The van der Waals surface area contributed by atoms with Crippen molar-refractivity contribution in [3.63, 3.8) is 0 Å². The van der Waals surface area contributed by atoms with Crippen LogP contribution in [0, 0.1) is 6.92 Å². The molecule has 2 aromatic rings. The van der Waals surface area contributed by atoms with E-state index in [4.69, 9.17) is 0 Å². The summed E-state index contributed by atoms with van der Waals surface area (Å²) in [5.41, 5.74) is 1.63. The molecule has 120 valence electrons. The monoisotopic (exact) mass is 329 g/mol. The van der Waals surface area contributed by atoms with Crippen molar-refractivity contribution in [1.82, 2.24) is 4.90 Å². The van der Waals surface area contributed by atoms with Gasteiger partial charge < -0.3 is 4.90 Å². The van der Waals surface area contributed by atoms with Crippen molar-refractivity contribution in [2.45, 2.75) is 11.8 Å². The summed E-state index contributed by atoms with van der Waals surface area (Å²) in [6.07, 6.45) is 1.52. The molecule has 5 nitrogen and oxygen atoms in total. The number of hydrogen-bond acceptors (Lipinski definition) is 2. The third-order valence-electron chi connectivity index (χ3n) is 2.97. The van der Waals surface area contributed by atoms with Crippen LogP contribution < -0.4 is 0 Å². The largest absolute Gasteiger partial charge is 0.369 e. The lowest BCUT2D eigenvalue weighted by Crippen LogP contribution is -2.11. The molecule has 0 aliphatic heterocycles. The van der Waals surface area contributed by atoms with Gasteiger partial charge in [-0.3, -0.25) is 0 Å². The third kappa shape index (κ3) is 4.75. The number of aryl methyl sites for hydroxylation is 1. The zero-order chi connectivity index (χ0) is 16.9. The summed E-state index contributed by atoms with van der Waals surface area (Å²) >= 11 is 0. The second-order valence-electron chi connectivity index (χ2n) is 5.28. The lowest BCUT2D eigenvalue weighted by molar-refractivity contribution is 0.598. The molecular formula is C17H19N3O2S. The molecule has 0 fully saturated rings. The van der Waals surface area contributed by atoms with E-state index in [1.807, 2.05) is 25.1 Å². The van der Waals surface area contributed by atoms with E-state index in [0.717, 1.165) is 5.56 Å². The second-order valence-corrected chi connectivity index (χ2v) is 6.88. The summed E-state index contributed by atoms with van der Waals surface area (Å²) in [5, 5.41) is 0. The molecule has 0 saturated heterocycles. The molecular weight excluding hydrogens is 310 g/mol. The van der Waals surface area contributed by atoms with Crippen molar-refractivity contribution in [3.05, 3.63) is 65.7 Å². The van der Waals surface area contributed by atoms with Gasteiger partial charge in [-0.25, -0.2) is 4.99 Å². The molecule has 6 heteroatoms. The lowest BCUT2D eigenvalue weighted by Gasteiger charge is -2.06. The smallest absolute Gasteiger partial charge is 0.284 e. The number of amidine groups is 1. The van der Waals surface area contributed by atoms with Crippen LogP contribution in [0.5, 0.6) is 0 Å². The Morgan fingerprint density at radius 3 is 2.17 bits per heavy atom. The molecule has 0 atom stereocenters. The first-order chi connectivity index (χ1) is 10.9.